The molecule has 1 unspecified atom stereocenters. The van der Waals surface area contributed by atoms with E-state index in [1.807, 2.05) is 0 Å². The topological polar surface area (TPSA) is 114 Å². The first-order valence-electron chi connectivity index (χ1n) is 5.88. The zero-order valence-corrected chi connectivity index (χ0v) is 10.1. The van der Waals surface area contributed by atoms with E-state index >= 15 is 0 Å². The van der Waals surface area contributed by atoms with Crippen molar-refractivity contribution < 1.29 is 25.1 Å². The zero-order valence-electron chi connectivity index (χ0n) is 10.1. The number of carbonyl (C=O) groups is 2. The largest absolute Gasteiger partial charge is 0.595 e. The quantitative estimate of drug-likeness (QED) is 0.572. The van der Waals surface area contributed by atoms with E-state index in [-0.39, 0.29) is 24.4 Å². The maximum Gasteiger partial charge on any atom is 0.303 e. The average molecular weight is 266 g/mol. The summed E-state index contributed by atoms with van der Waals surface area (Å²) in [6.45, 7) is 0. The van der Waals surface area contributed by atoms with Gasteiger partial charge in [-0.3, -0.25) is 9.59 Å². The highest BCUT2D eigenvalue weighted by Crippen LogP contribution is 2.28. The molecule has 0 aromatic heterocycles. The highest BCUT2D eigenvalue weighted by molar-refractivity contribution is 5.94. The van der Waals surface area contributed by atoms with Gasteiger partial charge < -0.3 is 15.6 Å². The van der Waals surface area contributed by atoms with Gasteiger partial charge in [0.2, 0.25) is 5.91 Å². The first kappa shape index (κ1) is 13.5. The molecule has 7 nitrogen and oxygen atoms in total. The molecule has 0 bridgehead atoms. The Morgan fingerprint density at radius 3 is 2.79 bits per heavy atom. The van der Waals surface area contributed by atoms with Crippen molar-refractivity contribution in [1.82, 2.24) is 0 Å². The summed E-state index contributed by atoms with van der Waals surface area (Å²) < 4.78 is 0. The molecular formula is C12H14N2O5. The number of hydrogen-bond donors (Lipinski definition) is 4. The van der Waals surface area contributed by atoms with E-state index in [9.17, 15) is 14.8 Å². The van der Waals surface area contributed by atoms with Crippen LogP contribution >= 0.6 is 0 Å². The number of rotatable bonds is 4. The molecule has 19 heavy (non-hydrogen) atoms. The number of benzene rings is 1. The van der Waals surface area contributed by atoms with E-state index in [1.54, 1.807) is 6.07 Å². The smallest absolute Gasteiger partial charge is 0.303 e. The van der Waals surface area contributed by atoms with Crippen LogP contribution in [0.1, 0.15) is 24.0 Å². The van der Waals surface area contributed by atoms with Crippen molar-refractivity contribution in [2.24, 2.45) is 0 Å². The third-order valence-electron chi connectivity index (χ3n) is 3.06. The van der Waals surface area contributed by atoms with Crippen molar-refractivity contribution >= 4 is 23.3 Å². The zero-order chi connectivity index (χ0) is 14.0. The van der Waals surface area contributed by atoms with Crippen LogP contribution in [0.3, 0.4) is 0 Å². The van der Waals surface area contributed by atoms with Crippen molar-refractivity contribution in [2.75, 3.05) is 5.32 Å². The second-order valence-electron chi connectivity index (χ2n) is 4.41. The molecular weight excluding hydrogens is 252 g/mol. The summed E-state index contributed by atoms with van der Waals surface area (Å²) in [6.07, 6.45) is 0.814. The van der Waals surface area contributed by atoms with Crippen LogP contribution in [0, 0.1) is 5.21 Å². The van der Waals surface area contributed by atoms with Crippen molar-refractivity contribution in [3.05, 3.63) is 28.5 Å². The molecule has 1 aromatic rings. The predicted molar refractivity (Wildman–Crippen MR) is 65.1 cm³/mol. The summed E-state index contributed by atoms with van der Waals surface area (Å²) in [5, 5.41) is 30.6. The lowest BCUT2D eigenvalue weighted by Gasteiger charge is -2.22. The minimum Gasteiger partial charge on any atom is -0.595 e. The molecule has 102 valence electrons. The Kier molecular flexibility index (Phi) is 3.79. The number of aliphatic carboxylic acids is 1. The number of hydrogen-bond acceptors (Lipinski definition) is 4. The lowest BCUT2D eigenvalue weighted by Crippen LogP contribution is -2.99. The number of anilines is 1. The first-order valence-corrected chi connectivity index (χ1v) is 5.88. The molecule has 7 heteroatoms. The Labute approximate surface area is 109 Å². The minimum atomic E-state index is -1.08. The van der Waals surface area contributed by atoms with Gasteiger partial charge in [0.05, 0.1) is 0 Å². The molecule has 2 rings (SSSR count). The molecule has 1 atom stereocenters. The number of aryl methyl sites for hydroxylation is 2. The van der Waals surface area contributed by atoms with E-state index < -0.39 is 11.2 Å². The Morgan fingerprint density at radius 1 is 1.42 bits per heavy atom. The molecule has 1 heterocycles. The van der Waals surface area contributed by atoms with Gasteiger partial charge >= 0.3 is 5.97 Å². The molecule has 4 N–H and O–H groups in total. The highest BCUT2D eigenvalue weighted by atomic mass is 16.8. The summed E-state index contributed by atoms with van der Waals surface area (Å²) in [5.74, 6) is -1.10. The van der Waals surface area contributed by atoms with E-state index in [0.29, 0.717) is 24.1 Å². The predicted octanol–water partition coefficient (Wildman–Crippen LogP) is -0.00810. The lowest BCUT2D eigenvalue weighted by molar-refractivity contribution is -0.991. The fraction of sp³-hybridized carbons (Fsp3) is 0.333. The van der Waals surface area contributed by atoms with E-state index in [1.165, 1.54) is 6.07 Å². The van der Waals surface area contributed by atoms with Gasteiger partial charge in [0.1, 0.15) is 0 Å². The number of carboxylic acids is 1. The van der Waals surface area contributed by atoms with Gasteiger partial charge in [0, 0.05) is 30.2 Å². The third kappa shape index (κ3) is 3.08. The van der Waals surface area contributed by atoms with E-state index in [4.69, 9.17) is 10.3 Å². The van der Waals surface area contributed by atoms with Gasteiger partial charge in [-0.25, -0.2) is 5.21 Å². The van der Waals surface area contributed by atoms with E-state index in [0.717, 1.165) is 5.56 Å². The summed E-state index contributed by atoms with van der Waals surface area (Å²) in [7, 11) is 0. The van der Waals surface area contributed by atoms with E-state index in [2.05, 4.69) is 5.32 Å². The van der Waals surface area contributed by atoms with Gasteiger partial charge in [-0.1, -0.05) is 0 Å². The molecule has 0 radical (unpaired) electrons. The van der Waals surface area contributed by atoms with Crippen LogP contribution in [0.4, 0.5) is 11.4 Å². The lowest BCUT2D eigenvalue weighted by atomic mass is 9.97. The van der Waals surface area contributed by atoms with Crippen molar-refractivity contribution in [2.45, 2.75) is 25.7 Å². The third-order valence-corrected chi connectivity index (χ3v) is 3.06. The summed E-state index contributed by atoms with van der Waals surface area (Å²) in [4.78, 5) is 21.9. The Morgan fingerprint density at radius 2 is 2.16 bits per heavy atom. The monoisotopic (exact) mass is 266 g/mol. The van der Waals surface area contributed by atoms with Crippen LogP contribution in [0.2, 0.25) is 0 Å². The van der Waals surface area contributed by atoms with Crippen LogP contribution < -0.4 is 10.5 Å². The summed E-state index contributed by atoms with van der Waals surface area (Å²) in [5.41, 5.74) is 1.89. The van der Waals surface area contributed by atoms with Crippen LogP contribution in [0.15, 0.2) is 12.1 Å². The van der Waals surface area contributed by atoms with Crippen LogP contribution in [-0.4, -0.2) is 22.2 Å². The highest BCUT2D eigenvalue weighted by Gasteiger charge is 2.20. The standard InChI is InChI=1S/C12H14N2O5/c15-11-3-1-7-6-10(14(18)19)8(2-4-12(16)17)5-9(7)13-11/h5-6,14,18H,1-4H2,(H,13,15)(H,16,17). The molecule has 0 fully saturated rings. The van der Waals surface area contributed by atoms with Crippen molar-refractivity contribution in [1.29, 1.82) is 0 Å². The van der Waals surface area contributed by atoms with Gasteiger partial charge in [-0.15, -0.1) is 0 Å². The molecule has 1 aliphatic heterocycles. The van der Waals surface area contributed by atoms with Crippen LogP contribution in [0.25, 0.3) is 0 Å². The van der Waals surface area contributed by atoms with Crippen molar-refractivity contribution in [3.63, 3.8) is 0 Å². The Bertz CT molecular complexity index is 527. The molecule has 1 amide bonds. The molecule has 1 aliphatic rings. The van der Waals surface area contributed by atoms with Crippen molar-refractivity contribution in [3.8, 4) is 0 Å². The maximum atomic E-state index is 11.3. The number of carboxylic acid groups (broad SMARTS) is 1. The Balaban J connectivity index is 2.36. The van der Waals surface area contributed by atoms with Gasteiger partial charge in [-0.2, -0.15) is 5.23 Å². The number of amides is 1. The SMILES string of the molecule is O=C(O)CCc1cc2c(cc1[NH+]([O-])O)CCC(=O)N2. The number of nitrogens with one attached hydrogen (secondary N) is 2. The second kappa shape index (κ2) is 5.35. The maximum absolute atomic E-state index is 11.3. The van der Waals surface area contributed by atoms with Crippen LogP contribution in [-0.2, 0) is 22.4 Å². The molecule has 0 saturated heterocycles. The van der Waals surface area contributed by atoms with Gasteiger partial charge in [0.15, 0.2) is 5.69 Å². The number of quaternary nitrogens is 1. The molecule has 0 aliphatic carbocycles. The summed E-state index contributed by atoms with van der Waals surface area (Å²) >= 11 is 0. The fourth-order valence-electron chi connectivity index (χ4n) is 2.12. The average Bonchev–Trinajstić information content (AvgIpc) is 2.34. The van der Waals surface area contributed by atoms with Gasteiger partial charge in [-0.05, 0) is 24.5 Å². The Hall–Kier alpha value is -1.96. The number of carbonyl (C=O) groups excluding carboxylic acids is 1. The summed E-state index contributed by atoms with van der Waals surface area (Å²) in [6, 6.07) is 3.09. The molecule has 0 spiro atoms. The first-order chi connectivity index (χ1) is 8.97. The number of fused-ring (bicyclic) bond motifs is 1. The van der Waals surface area contributed by atoms with Crippen LogP contribution in [0.5, 0.6) is 0 Å². The fourth-order valence-corrected chi connectivity index (χ4v) is 2.12. The minimum absolute atomic E-state index is 0.108. The van der Waals surface area contributed by atoms with Gasteiger partial charge in [0.25, 0.3) is 0 Å². The second-order valence-corrected chi connectivity index (χ2v) is 4.41. The molecule has 0 saturated carbocycles. The molecule has 1 aromatic carbocycles. The normalized spacial score (nSPS) is 15.6.